The lowest BCUT2D eigenvalue weighted by atomic mass is 10.3. The summed E-state index contributed by atoms with van der Waals surface area (Å²) in [6.45, 7) is 0. The third kappa shape index (κ3) is 5.47. The molecule has 0 fully saturated rings. The number of benzene rings is 1. The Morgan fingerprint density at radius 1 is 0.700 bits per heavy atom. The molecule has 0 spiro atoms. The molecule has 0 radical (unpaired) electrons. The zero-order chi connectivity index (χ0) is 15.2. The summed E-state index contributed by atoms with van der Waals surface area (Å²) in [5.74, 6) is 0. The first kappa shape index (κ1) is 18.7. The van der Waals surface area contributed by atoms with Crippen molar-refractivity contribution in [2.45, 2.75) is 0 Å². The Morgan fingerprint density at radius 3 is 1.15 bits per heavy atom. The summed E-state index contributed by atoms with van der Waals surface area (Å²) in [5, 5.41) is 6.09. The van der Waals surface area contributed by atoms with Crippen LogP contribution in [0.5, 0.6) is 0 Å². The molecule has 0 heterocycles. The molecule has 0 saturated carbocycles. The fourth-order valence-electron chi connectivity index (χ4n) is 1.27. The SMILES string of the molecule is CSP(=O)(Nc1ccc(NP(=O)(SC)SC)cc1)SC. The third-order valence-electron chi connectivity index (χ3n) is 2.38. The van der Waals surface area contributed by atoms with Crippen LogP contribution in [0.2, 0.25) is 0 Å². The molecule has 0 unspecified atom stereocenters. The Bertz CT molecular complexity index is 463. The third-order valence-corrected chi connectivity index (χ3v) is 17.6. The standard InChI is InChI=1S/C10H18N2O2P2S4/c1-17-15(13,18-2)11-9-5-7-10(8-6-9)12-16(14,19-3)20-4/h5-8H,1-4H3,(H,11,13)(H,12,14). The molecule has 0 aliphatic heterocycles. The number of rotatable bonds is 8. The predicted octanol–water partition coefficient (Wildman–Crippen LogP) is 6.18. The first-order valence-corrected chi connectivity index (χ1v) is 16.2. The van der Waals surface area contributed by atoms with Crippen LogP contribution in [-0.2, 0) is 9.13 Å². The summed E-state index contributed by atoms with van der Waals surface area (Å²) in [4.78, 5) is 0. The van der Waals surface area contributed by atoms with Gasteiger partial charge in [0.15, 0.2) is 0 Å². The molecule has 0 saturated heterocycles. The zero-order valence-electron chi connectivity index (χ0n) is 11.7. The maximum atomic E-state index is 12.3. The quantitative estimate of drug-likeness (QED) is 0.512. The molecule has 1 rings (SSSR count). The molecule has 20 heavy (non-hydrogen) atoms. The Kier molecular flexibility index (Phi) is 7.82. The number of nitrogens with one attached hydrogen (secondary N) is 2. The van der Waals surface area contributed by atoms with Crippen LogP contribution >= 0.6 is 56.9 Å². The molecule has 1 aromatic carbocycles. The summed E-state index contributed by atoms with van der Waals surface area (Å²) in [6, 6.07) is 7.36. The molecule has 0 aliphatic rings. The van der Waals surface area contributed by atoms with Gasteiger partial charge in [-0.3, -0.25) is 9.13 Å². The van der Waals surface area contributed by atoms with Crippen molar-refractivity contribution in [3.8, 4) is 0 Å². The van der Waals surface area contributed by atoms with E-state index in [2.05, 4.69) is 10.2 Å². The molecule has 0 atom stereocenters. The Morgan fingerprint density at radius 2 is 0.950 bits per heavy atom. The van der Waals surface area contributed by atoms with Gasteiger partial charge in [0.2, 0.25) is 0 Å². The van der Waals surface area contributed by atoms with Crippen molar-refractivity contribution in [2.24, 2.45) is 0 Å². The van der Waals surface area contributed by atoms with Crippen LogP contribution in [0.25, 0.3) is 0 Å². The average Bonchev–Trinajstić information content (AvgIpc) is 2.49. The number of anilines is 2. The van der Waals surface area contributed by atoms with E-state index in [1.165, 1.54) is 45.5 Å². The van der Waals surface area contributed by atoms with E-state index >= 15 is 0 Å². The van der Waals surface area contributed by atoms with Gasteiger partial charge in [0.05, 0.1) is 0 Å². The largest absolute Gasteiger partial charge is 0.320 e. The van der Waals surface area contributed by atoms with E-state index in [1.54, 1.807) is 0 Å². The van der Waals surface area contributed by atoms with Crippen molar-refractivity contribution in [3.63, 3.8) is 0 Å². The molecular formula is C10H18N2O2P2S4. The van der Waals surface area contributed by atoms with Gasteiger partial charge in [-0.15, -0.1) is 0 Å². The van der Waals surface area contributed by atoms with Gasteiger partial charge < -0.3 is 10.2 Å². The van der Waals surface area contributed by atoms with Gasteiger partial charge in [0, 0.05) is 11.4 Å². The fraction of sp³-hybridized carbons (Fsp3) is 0.400. The minimum atomic E-state index is -2.47. The molecule has 0 amide bonds. The summed E-state index contributed by atoms with van der Waals surface area (Å²) < 4.78 is 24.5. The van der Waals surface area contributed by atoms with Crippen LogP contribution in [0.15, 0.2) is 24.3 Å². The van der Waals surface area contributed by atoms with E-state index in [1.807, 2.05) is 49.3 Å². The second-order valence-electron chi connectivity index (χ2n) is 3.53. The van der Waals surface area contributed by atoms with Crippen molar-refractivity contribution in [1.29, 1.82) is 0 Å². The Hall–Kier alpha value is 0.680. The molecular weight excluding hydrogens is 370 g/mol. The summed E-state index contributed by atoms with van der Waals surface area (Å²) in [7, 11) is 0. The first-order chi connectivity index (χ1) is 9.40. The normalized spacial score (nSPS) is 12.2. The molecule has 0 bridgehead atoms. The smallest absolute Gasteiger partial charge is 0.277 e. The van der Waals surface area contributed by atoms with Crippen LogP contribution < -0.4 is 10.2 Å². The van der Waals surface area contributed by atoms with E-state index < -0.39 is 11.4 Å². The molecule has 0 aliphatic carbocycles. The van der Waals surface area contributed by atoms with Crippen molar-refractivity contribution in [3.05, 3.63) is 24.3 Å². The van der Waals surface area contributed by atoms with E-state index in [4.69, 9.17) is 0 Å². The highest BCUT2D eigenvalue weighted by molar-refractivity contribution is 8.91. The van der Waals surface area contributed by atoms with E-state index in [0.29, 0.717) is 0 Å². The van der Waals surface area contributed by atoms with Gasteiger partial charge in [0.1, 0.15) is 0 Å². The minimum absolute atomic E-state index is 0.797. The Labute approximate surface area is 136 Å². The van der Waals surface area contributed by atoms with Crippen LogP contribution in [0, 0.1) is 0 Å². The molecule has 4 nitrogen and oxygen atoms in total. The molecule has 114 valence electrons. The van der Waals surface area contributed by atoms with E-state index in [-0.39, 0.29) is 0 Å². The van der Waals surface area contributed by atoms with Crippen LogP contribution in [-0.4, -0.2) is 25.0 Å². The van der Waals surface area contributed by atoms with Crippen molar-refractivity contribution >= 4 is 68.3 Å². The monoisotopic (exact) mass is 388 g/mol. The van der Waals surface area contributed by atoms with Crippen LogP contribution in [0.1, 0.15) is 0 Å². The van der Waals surface area contributed by atoms with Crippen molar-refractivity contribution < 1.29 is 9.13 Å². The maximum absolute atomic E-state index is 12.3. The van der Waals surface area contributed by atoms with Gasteiger partial charge in [0.25, 0.3) is 11.4 Å². The predicted molar refractivity (Wildman–Crippen MR) is 103 cm³/mol. The number of hydrogen-bond donors (Lipinski definition) is 2. The van der Waals surface area contributed by atoms with Gasteiger partial charge >= 0.3 is 0 Å². The van der Waals surface area contributed by atoms with Gasteiger partial charge in [-0.05, 0) is 49.3 Å². The molecule has 0 aromatic heterocycles. The summed E-state index contributed by atoms with van der Waals surface area (Å²) >= 11 is 5.32. The van der Waals surface area contributed by atoms with Crippen molar-refractivity contribution in [1.82, 2.24) is 0 Å². The van der Waals surface area contributed by atoms with Crippen LogP contribution in [0.4, 0.5) is 11.4 Å². The van der Waals surface area contributed by atoms with E-state index in [0.717, 1.165) is 11.4 Å². The van der Waals surface area contributed by atoms with Crippen LogP contribution in [0.3, 0.4) is 0 Å². The lowest BCUT2D eigenvalue weighted by Gasteiger charge is -2.17. The maximum Gasteiger partial charge on any atom is 0.277 e. The highest BCUT2D eigenvalue weighted by atomic mass is 33.1. The zero-order valence-corrected chi connectivity index (χ0v) is 16.7. The Balaban J connectivity index is 2.79. The van der Waals surface area contributed by atoms with E-state index in [9.17, 15) is 9.13 Å². The highest BCUT2D eigenvalue weighted by Crippen LogP contribution is 2.67. The second-order valence-corrected chi connectivity index (χ2v) is 19.4. The van der Waals surface area contributed by atoms with Gasteiger partial charge in [-0.2, -0.15) is 0 Å². The second kappa shape index (κ2) is 8.35. The lowest BCUT2D eigenvalue weighted by Crippen LogP contribution is -1.93. The lowest BCUT2D eigenvalue weighted by molar-refractivity contribution is 0.595. The molecule has 1 aromatic rings. The first-order valence-electron chi connectivity index (χ1n) is 5.50. The van der Waals surface area contributed by atoms with Crippen molar-refractivity contribution in [2.75, 3.05) is 35.2 Å². The summed E-state index contributed by atoms with van der Waals surface area (Å²) in [5.41, 5.74) is -3.35. The highest BCUT2D eigenvalue weighted by Gasteiger charge is 2.20. The average molecular weight is 388 g/mol. The van der Waals surface area contributed by atoms with Gasteiger partial charge in [-0.1, -0.05) is 45.5 Å². The molecule has 10 heteroatoms. The van der Waals surface area contributed by atoms with Gasteiger partial charge in [-0.25, -0.2) is 0 Å². The molecule has 2 N–H and O–H groups in total. The number of hydrogen-bond acceptors (Lipinski definition) is 6. The minimum Gasteiger partial charge on any atom is -0.320 e. The topological polar surface area (TPSA) is 58.2 Å². The summed E-state index contributed by atoms with van der Waals surface area (Å²) in [6.07, 6.45) is 7.31. The fourth-order valence-corrected chi connectivity index (χ4v) is 8.80.